The molecule has 0 aliphatic carbocycles. The van der Waals surface area contributed by atoms with Crippen molar-refractivity contribution >= 4 is 32.3 Å². The van der Waals surface area contributed by atoms with Gasteiger partial charge >= 0.3 is 32.3 Å². The summed E-state index contributed by atoms with van der Waals surface area (Å²) < 4.78 is 44.3. The third-order valence-electron chi connectivity index (χ3n) is 6.69. The summed E-state index contributed by atoms with van der Waals surface area (Å²) in [6, 6.07) is 11.7. The van der Waals surface area contributed by atoms with Gasteiger partial charge in [0, 0.05) is 6.54 Å². The first kappa shape index (κ1) is 35.0. The number of hydrogen-bond acceptors (Lipinski definition) is 12. The smallest absolute Gasteiger partial charge is 0.407 e. The van der Waals surface area contributed by atoms with E-state index in [1.165, 1.54) is 12.3 Å². The molecule has 0 spiro atoms. The molecule has 13 nitrogen and oxygen atoms in total. The van der Waals surface area contributed by atoms with Gasteiger partial charge in [0.1, 0.15) is 18.8 Å². The second kappa shape index (κ2) is 19.7. The van der Waals surface area contributed by atoms with Gasteiger partial charge in [-0.2, -0.15) is 0 Å². The molecule has 3 rings (SSSR count). The van der Waals surface area contributed by atoms with E-state index in [0.717, 1.165) is 24.8 Å². The monoisotopic (exact) mass is 636 g/mol. The molecule has 242 valence electrons. The van der Waals surface area contributed by atoms with Crippen LogP contribution in [-0.2, 0) is 44.0 Å². The lowest BCUT2D eigenvalue weighted by molar-refractivity contribution is -0.166. The molecule has 1 saturated heterocycles. The molecule has 1 aromatic carbocycles. The maximum absolute atomic E-state index is 12.9. The molecule has 1 amide bonds. The van der Waals surface area contributed by atoms with E-state index >= 15 is 0 Å². The van der Waals surface area contributed by atoms with E-state index in [2.05, 4.69) is 10.6 Å². The molecule has 2 N–H and O–H groups in total. The van der Waals surface area contributed by atoms with E-state index in [-0.39, 0.29) is 31.9 Å². The van der Waals surface area contributed by atoms with Gasteiger partial charge in [0.25, 0.3) is 0 Å². The van der Waals surface area contributed by atoms with E-state index in [1.807, 2.05) is 37.3 Å². The van der Waals surface area contributed by atoms with Crippen LogP contribution in [0.25, 0.3) is 0 Å². The predicted octanol–water partition coefficient (Wildman–Crippen LogP) is 4.71. The van der Waals surface area contributed by atoms with E-state index in [9.17, 15) is 23.7 Å². The molecule has 3 unspecified atom stereocenters. The van der Waals surface area contributed by atoms with Crippen molar-refractivity contribution in [1.29, 1.82) is 0 Å². The molecule has 1 aliphatic rings. The van der Waals surface area contributed by atoms with Crippen molar-refractivity contribution in [1.82, 2.24) is 10.6 Å². The molecular weight excluding hydrogens is 595 g/mol. The van der Waals surface area contributed by atoms with Crippen molar-refractivity contribution in [2.24, 2.45) is 0 Å². The summed E-state index contributed by atoms with van der Waals surface area (Å²) in [4.78, 5) is 49.5. The van der Waals surface area contributed by atoms with Gasteiger partial charge in [-0.3, -0.25) is 9.09 Å². The van der Waals surface area contributed by atoms with Crippen LogP contribution >= 0.6 is 8.25 Å². The number of rotatable bonds is 19. The van der Waals surface area contributed by atoms with Crippen molar-refractivity contribution in [3.05, 3.63) is 60.1 Å². The van der Waals surface area contributed by atoms with Crippen LogP contribution in [0.4, 0.5) is 4.79 Å². The summed E-state index contributed by atoms with van der Waals surface area (Å²) in [5, 5.41) is 5.59. The quantitative estimate of drug-likeness (QED) is 0.0718. The molecule has 1 aliphatic heterocycles. The molecule has 0 radical (unpaired) electrons. The molecule has 14 heteroatoms. The van der Waals surface area contributed by atoms with Gasteiger partial charge in [0.2, 0.25) is 5.76 Å². The molecule has 0 bridgehead atoms. The molecule has 0 saturated carbocycles. The fourth-order valence-electron chi connectivity index (χ4n) is 4.29. The Hall–Kier alpha value is -3.51. The van der Waals surface area contributed by atoms with Crippen LogP contribution in [0.3, 0.4) is 0 Å². The zero-order chi connectivity index (χ0) is 31.6. The van der Waals surface area contributed by atoms with Crippen LogP contribution in [-0.4, -0.2) is 61.9 Å². The Kier molecular flexibility index (Phi) is 15.7. The lowest BCUT2D eigenvalue weighted by atomic mass is 10.1. The van der Waals surface area contributed by atoms with E-state index < -0.39 is 50.5 Å². The van der Waals surface area contributed by atoms with E-state index in [1.54, 1.807) is 6.07 Å². The summed E-state index contributed by atoms with van der Waals surface area (Å²) >= 11 is 0. The summed E-state index contributed by atoms with van der Waals surface area (Å²) in [7, 11) is -3.27. The van der Waals surface area contributed by atoms with Gasteiger partial charge in [0.05, 0.1) is 12.9 Å². The molecule has 1 fully saturated rings. The maximum atomic E-state index is 12.9. The highest BCUT2D eigenvalue weighted by molar-refractivity contribution is 7.33. The maximum Gasteiger partial charge on any atom is 0.407 e. The predicted molar refractivity (Wildman–Crippen MR) is 158 cm³/mol. The standard InChI is InChI=1S/C30H41N2O11P/c1-2-3-13-23(41-28(34)25-16-10-19-38-25)21-40-44(37)43-26(29(35)42-27(33)24-14-9-18-31-24)15-7-8-17-32-30(36)39-20-22-11-5-4-6-12-22/h4-6,10-12,16,19,23-24,26,31,44H,2-3,7-9,13-15,17-18,20-21H2,1H3,(H,32,36)/t23?,24-,26?/m0/s1. The van der Waals surface area contributed by atoms with Crippen molar-refractivity contribution in [3.63, 3.8) is 0 Å². The fraction of sp³-hybridized carbons (Fsp3) is 0.533. The number of furan rings is 1. The summed E-state index contributed by atoms with van der Waals surface area (Å²) in [5.74, 6) is -2.36. The Morgan fingerprint density at radius 3 is 2.59 bits per heavy atom. The summed E-state index contributed by atoms with van der Waals surface area (Å²) in [6.45, 7) is 2.77. The van der Waals surface area contributed by atoms with Crippen LogP contribution in [0.15, 0.2) is 53.1 Å². The van der Waals surface area contributed by atoms with Gasteiger partial charge in [-0.05, 0) is 69.2 Å². The van der Waals surface area contributed by atoms with Crippen LogP contribution in [0.1, 0.15) is 74.4 Å². The van der Waals surface area contributed by atoms with Gasteiger partial charge in [-0.1, -0.05) is 43.7 Å². The highest BCUT2D eigenvalue weighted by Crippen LogP contribution is 2.30. The number of carbonyl (C=O) groups is 4. The normalized spacial score (nSPS) is 16.4. The van der Waals surface area contributed by atoms with Crippen LogP contribution in [0.5, 0.6) is 0 Å². The topological polar surface area (TPSA) is 169 Å². The number of amides is 1. The first-order valence-corrected chi connectivity index (χ1v) is 16.1. The largest absolute Gasteiger partial charge is 0.457 e. The molecule has 1 aromatic heterocycles. The van der Waals surface area contributed by atoms with Crippen LogP contribution in [0, 0.1) is 0 Å². The second-order valence-corrected chi connectivity index (χ2v) is 11.2. The molecule has 2 aromatic rings. The van der Waals surface area contributed by atoms with Gasteiger partial charge < -0.3 is 33.8 Å². The van der Waals surface area contributed by atoms with Crippen molar-refractivity contribution < 1.29 is 51.4 Å². The van der Waals surface area contributed by atoms with Gasteiger partial charge in [0.15, 0.2) is 6.10 Å². The average molecular weight is 637 g/mol. The minimum atomic E-state index is -3.27. The van der Waals surface area contributed by atoms with Crippen LogP contribution < -0.4 is 10.6 Å². The lowest BCUT2D eigenvalue weighted by Gasteiger charge is -2.19. The third-order valence-corrected chi connectivity index (χ3v) is 7.56. The zero-order valence-corrected chi connectivity index (χ0v) is 25.8. The first-order valence-electron chi connectivity index (χ1n) is 14.9. The third kappa shape index (κ3) is 13.0. The zero-order valence-electron chi connectivity index (χ0n) is 24.8. The average Bonchev–Trinajstić information content (AvgIpc) is 3.77. The molecule has 4 atom stereocenters. The Morgan fingerprint density at radius 1 is 1.07 bits per heavy atom. The number of hydrogen-bond donors (Lipinski definition) is 2. The number of alkyl carbamates (subject to hydrolysis) is 1. The van der Waals surface area contributed by atoms with E-state index in [4.69, 9.17) is 27.7 Å². The molecular formula is C30H41N2O11P. The van der Waals surface area contributed by atoms with Crippen molar-refractivity contribution in [3.8, 4) is 0 Å². The number of unbranched alkanes of at least 4 members (excludes halogenated alkanes) is 2. The fourth-order valence-corrected chi connectivity index (χ4v) is 5.13. The van der Waals surface area contributed by atoms with Crippen molar-refractivity contribution in [2.45, 2.75) is 83.1 Å². The minimum Gasteiger partial charge on any atom is -0.457 e. The second-order valence-electron chi connectivity index (χ2n) is 10.2. The Bertz CT molecular complexity index is 1190. The molecule has 44 heavy (non-hydrogen) atoms. The van der Waals surface area contributed by atoms with Gasteiger partial charge in [-0.15, -0.1) is 0 Å². The van der Waals surface area contributed by atoms with E-state index in [0.29, 0.717) is 32.2 Å². The number of esters is 3. The summed E-state index contributed by atoms with van der Waals surface area (Å²) in [6.07, 6.45) is 2.87. The first-order chi connectivity index (χ1) is 21.4. The van der Waals surface area contributed by atoms with Gasteiger partial charge in [-0.25, -0.2) is 19.2 Å². The SMILES string of the molecule is CCCCC(CO[PH](=O)OC(CCCCNC(=O)OCc1ccccc1)C(=O)OC(=O)[C@@H]1CCCN1)OC(=O)c1ccco1. The minimum absolute atomic E-state index is 0.0265. The molecule has 2 heterocycles. The van der Waals surface area contributed by atoms with Crippen LogP contribution in [0.2, 0.25) is 0 Å². The number of carbonyl (C=O) groups excluding carboxylic acids is 4. The Morgan fingerprint density at radius 2 is 1.89 bits per heavy atom. The summed E-state index contributed by atoms with van der Waals surface area (Å²) in [5.41, 5.74) is 0.855. The number of benzene rings is 1. The number of nitrogens with one attached hydrogen (secondary N) is 2. The number of ether oxygens (including phenoxy) is 3. The Balaban J connectivity index is 1.47. The Labute approximate surface area is 257 Å². The highest BCUT2D eigenvalue weighted by atomic mass is 31.1. The van der Waals surface area contributed by atoms with Crippen molar-refractivity contribution in [2.75, 3.05) is 19.7 Å². The lowest BCUT2D eigenvalue weighted by Crippen LogP contribution is -2.37. The highest BCUT2D eigenvalue weighted by Gasteiger charge is 2.31.